The van der Waals surface area contributed by atoms with Gasteiger partial charge in [0.25, 0.3) is 17.6 Å². The van der Waals surface area contributed by atoms with E-state index in [4.69, 9.17) is 10.8 Å². The van der Waals surface area contributed by atoms with E-state index in [-0.39, 0.29) is 31.1 Å². The molecule has 1 heterocycles. The summed E-state index contributed by atoms with van der Waals surface area (Å²) in [6, 6.07) is -2.22. The lowest BCUT2D eigenvalue weighted by molar-refractivity contribution is -0.144. The van der Waals surface area contributed by atoms with Crippen molar-refractivity contribution in [1.29, 1.82) is 0 Å². The quantitative estimate of drug-likeness (QED) is 0.0405. The highest BCUT2D eigenvalue weighted by Gasteiger charge is 2.36. The van der Waals surface area contributed by atoms with Gasteiger partial charge in [-0.3, -0.25) is 43.2 Å². The molecule has 7 amide bonds. The molecule has 0 saturated carbocycles. The number of carboxylic acids is 3. The van der Waals surface area contributed by atoms with Gasteiger partial charge in [-0.2, -0.15) is 5.21 Å². The number of nitrogens with one attached hydrogen (secondary N) is 8. The molecule has 64 heavy (non-hydrogen) atoms. The first kappa shape index (κ1) is 53.0. The number of hydrogen-bond acceptors (Lipinski definition) is 15. The summed E-state index contributed by atoms with van der Waals surface area (Å²) in [5.74, 6) is -12.4. The van der Waals surface area contributed by atoms with Crippen molar-refractivity contribution >= 4 is 59.3 Å². The van der Waals surface area contributed by atoms with Crippen molar-refractivity contribution in [2.24, 2.45) is 17.6 Å². The number of nitrogens with two attached hydrogens (primary N) is 1. The Hall–Kier alpha value is -7.09. The molecule has 0 aliphatic heterocycles. The number of rotatable bonds is 27. The molecule has 2 aromatic rings. The number of aliphatic carboxylic acids is 3. The van der Waals surface area contributed by atoms with Crippen LogP contribution in [0.3, 0.4) is 0 Å². The minimum absolute atomic E-state index is 0.0255. The largest absolute Gasteiger partial charge is 0.481 e. The standard InChI is InChI=1S/C38H56N12O14/c1-17(2)13-24(44-35(60)28(18(3)4)46-32(57)21(39)16-40-37(62)30-47-49-50-48-30)34(59)43-23(14-20-9-7-6-8-10-20)29(55)36(61)45-25(15-27(53)54)33(58)41-19(5)31(56)42-22(38(63)64)11-12-26(51)52/h6-10,17-19,21-25,28-29,55H,11-16,39H2,1-5H3,(H,40,62)(H,41,58)(H,42,56)(H,43,59)(H,44,60)(H,45,61)(H,46,57)(H,51,52)(H,53,54)(H,63,64)(H,47,48,49,50)/t19-,21-,22-,23-,24-,25-,28-,29+/m0/s1. The molecule has 26 nitrogen and oxygen atoms in total. The summed E-state index contributed by atoms with van der Waals surface area (Å²) in [6.07, 6.45) is -4.48. The third-order valence-electron chi connectivity index (χ3n) is 9.26. The number of hydrogen-bond donors (Lipinski definition) is 13. The van der Waals surface area contributed by atoms with Crippen molar-refractivity contribution in [3.05, 3.63) is 41.7 Å². The van der Waals surface area contributed by atoms with Gasteiger partial charge in [0.15, 0.2) is 6.10 Å². The summed E-state index contributed by atoms with van der Waals surface area (Å²) < 4.78 is 0. The average Bonchev–Trinajstić information content (AvgIpc) is 3.77. The topological polar surface area (TPSA) is 416 Å². The fourth-order valence-corrected chi connectivity index (χ4v) is 5.81. The number of nitrogens with zero attached hydrogens (tertiary/aromatic N) is 3. The molecule has 26 heteroatoms. The lowest BCUT2D eigenvalue weighted by Crippen LogP contribution is -2.61. The number of aliphatic hydroxyl groups is 1. The Morgan fingerprint density at radius 2 is 1.31 bits per heavy atom. The van der Waals surface area contributed by atoms with E-state index in [1.165, 1.54) is 0 Å². The number of carbonyl (C=O) groups excluding carboxylic acids is 7. The lowest BCUT2D eigenvalue weighted by Gasteiger charge is -2.30. The van der Waals surface area contributed by atoms with Crippen LogP contribution >= 0.6 is 0 Å². The first-order valence-corrected chi connectivity index (χ1v) is 20.0. The predicted octanol–water partition coefficient (Wildman–Crippen LogP) is -4.08. The highest BCUT2D eigenvalue weighted by molar-refractivity contribution is 5.97. The van der Waals surface area contributed by atoms with Gasteiger partial charge in [-0.25, -0.2) is 4.79 Å². The van der Waals surface area contributed by atoms with E-state index in [9.17, 15) is 63.3 Å². The van der Waals surface area contributed by atoms with Gasteiger partial charge in [-0.1, -0.05) is 58.0 Å². The van der Waals surface area contributed by atoms with Crippen molar-refractivity contribution in [3.8, 4) is 0 Å². The van der Waals surface area contributed by atoms with Gasteiger partial charge in [-0.15, -0.1) is 10.2 Å². The number of benzene rings is 1. The lowest BCUT2D eigenvalue weighted by atomic mass is 9.97. The van der Waals surface area contributed by atoms with Crippen LogP contribution in [-0.2, 0) is 49.6 Å². The molecule has 0 saturated heterocycles. The zero-order valence-corrected chi connectivity index (χ0v) is 35.7. The normalized spacial score (nSPS) is 14.8. The smallest absolute Gasteiger partial charge is 0.326 e. The highest BCUT2D eigenvalue weighted by atomic mass is 16.4. The summed E-state index contributed by atoms with van der Waals surface area (Å²) >= 11 is 0. The van der Waals surface area contributed by atoms with Gasteiger partial charge in [0.05, 0.1) is 12.5 Å². The SMILES string of the molecule is CC(C)C[C@H](NC(=O)[C@@H](NC(=O)[C@@H](N)CNC(=O)c1nn[nH]n1)C(C)C)C(=O)N[C@@H](Cc1ccccc1)[C@@H](O)C(=O)N[C@@H](CC(=O)O)C(=O)N[C@@H](C)C(=O)N[C@@H](CCC(=O)O)C(=O)O. The van der Waals surface area contributed by atoms with Gasteiger partial charge >= 0.3 is 17.9 Å². The van der Waals surface area contributed by atoms with Crippen LogP contribution in [0.15, 0.2) is 30.3 Å². The molecule has 0 spiro atoms. The molecular formula is C38H56N12O14. The summed E-state index contributed by atoms with van der Waals surface area (Å²) in [5, 5.41) is 68.0. The second-order valence-electron chi connectivity index (χ2n) is 15.4. The Morgan fingerprint density at radius 1 is 0.703 bits per heavy atom. The van der Waals surface area contributed by atoms with Crippen LogP contribution < -0.4 is 43.0 Å². The van der Waals surface area contributed by atoms with Crippen molar-refractivity contribution in [3.63, 3.8) is 0 Å². The number of carboxylic acid groups (broad SMARTS) is 3. The summed E-state index contributed by atoms with van der Waals surface area (Å²) in [4.78, 5) is 127. The van der Waals surface area contributed by atoms with E-state index in [0.29, 0.717) is 5.56 Å². The third-order valence-corrected chi connectivity index (χ3v) is 9.26. The molecule has 0 fully saturated rings. The van der Waals surface area contributed by atoms with E-state index in [0.717, 1.165) is 6.92 Å². The number of H-pyrrole nitrogens is 1. The minimum Gasteiger partial charge on any atom is -0.481 e. The molecule has 0 radical (unpaired) electrons. The molecule has 2 rings (SSSR count). The van der Waals surface area contributed by atoms with Gasteiger partial charge < -0.3 is 63.4 Å². The number of aromatic amines is 1. The van der Waals surface area contributed by atoms with Gasteiger partial charge in [0.2, 0.25) is 29.5 Å². The molecule has 0 aliphatic carbocycles. The van der Waals surface area contributed by atoms with Gasteiger partial charge in [0, 0.05) is 13.0 Å². The molecule has 0 unspecified atom stereocenters. The van der Waals surface area contributed by atoms with E-state index in [1.807, 2.05) is 0 Å². The molecule has 1 aromatic heterocycles. The average molecular weight is 905 g/mol. The summed E-state index contributed by atoms with van der Waals surface area (Å²) in [7, 11) is 0. The zero-order chi connectivity index (χ0) is 48.3. The van der Waals surface area contributed by atoms with Crippen molar-refractivity contribution < 1.29 is 68.4 Å². The maximum absolute atomic E-state index is 14.0. The molecule has 0 aliphatic rings. The van der Waals surface area contributed by atoms with Crippen molar-refractivity contribution in [2.45, 2.75) is 115 Å². The number of amides is 7. The van der Waals surface area contributed by atoms with E-state index in [2.05, 4.69) is 57.8 Å². The van der Waals surface area contributed by atoms with Crippen molar-refractivity contribution in [1.82, 2.24) is 57.8 Å². The maximum Gasteiger partial charge on any atom is 0.326 e. The van der Waals surface area contributed by atoms with Crippen LogP contribution in [0.2, 0.25) is 0 Å². The fourth-order valence-electron chi connectivity index (χ4n) is 5.81. The molecule has 14 N–H and O–H groups in total. The zero-order valence-electron chi connectivity index (χ0n) is 35.7. The Morgan fingerprint density at radius 3 is 1.86 bits per heavy atom. The first-order chi connectivity index (χ1) is 30.0. The molecule has 1 aromatic carbocycles. The number of tetrazole rings is 1. The van der Waals surface area contributed by atoms with Crippen LogP contribution in [0.1, 0.15) is 76.5 Å². The number of aromatic nitrogens is 4. The number of aliphatic hydroxyl groups excluding tert-OH is 1. The van der Waals surface area contributed by atoms with Gasteiger partial charge in [-0.05, 0) is 48.8 Å². The Balaban J connectivity index is 2.27. The number of carbonyl (C=O) groups is 10. The monoisotopic (exact) mass is 904 g/mol. The molecule has 352 valence electrons. The highest BCUT2D eigenvalue weighted by Crippen LogP contribution is 2.12. The van der Waals surface area contributed by atoms with Crippen LogP contribution in [0.5, 0.6) is 0 Å². The van der Waals surface area contributed by atoms with Crippen LogP contribution in [-0.4, -0.2) is 155 Å². The fraction of sp³-hybridized carbons (Fsp3) is 0.553. The first-order valence-electron chi connectivity index (χ1n) is 20.0. The molecule has 0 bridgehead atoms. The van der Waals surface area contributed by atoms with Gasteiger partial charge in [0.1, 0.15) is 36.3 Å². The van der Waals surface area contributed by atoms with E-state index < -0.39 is 133 Å². The molecule has 8 atom stereocenters. The Bertz CT molecular complexity index is 1950. The minimum atomic E-state index is -2.17. The summed E-state index contributed by atoms with van der Waals surface area (Å²) in [6.45, 7) is 7.48. The second kappa shape index (κ2) is 25.8. The Kier molecular flexibility index (Phi) is 21.3. The van der Waals surface area contributed by atoms with Crippen LogP contribution in [0, 0.1) is 11.8 Å². The third kappa shape index (κ3) is 18.1. The maximum atomic E-state index is 14.0. The molecular weight excluding hydrogens is 848 g/mol. The van der Waals surface area contributed by atoms with E-state index in [1.54, 1.807) is 58.0 Å². The van der Waals surface area contributed by atoms with Crippen LogP contribution in [0.4, 0.5) is 0 Å². The summed E-state index contributed by atoms with van der Waals surface area (Å²) in [5.41, 5.74) is 6.47. The van der Waals surface area contributed by atoms with Crippen molar-refractivity contribution in [2.75, 3.05) is 6.54 Å². The second-order valence-corrected chi connectivity index (χ2v) is 15.4. The predicted molar refractivity (Wildman–Crippen MR) is 219 cm³/mol. The van der Waals surface area contributed by atoms with Crippen LogP contribution in [0.25, 0.3) is 0 Å². The van der Waals surface area contributed by atoms with E-state index >= 15 is 0 Å². The Labute approximate surface area is 366 Å².